The van der Waals surface area contributed by atoms with Crippen LogP contribution in [-0.4, -0.2) is 41.1 Å². The van der Waals surface area contributed by atoms with Gasteiger partial charge in [0.2, 0.25) is 5.95 Å². The van der Waals surface area contributed by atoms with Crippen LogP contribution in [0.25, 0.3) is 10.9 Å². The largest absolute Gasteiger partial charge is 0.467 e. The molecule has 1 aliphatic heterocycles. The maximum atomic E-state index is 6.13. The van der Waals surface area contributed by atoms with Crippen LogP contribution in [-0.2, 0) is 6.54 Å². The average Bonchev–Trinajstić information content (AvgIpc) is 3.55. The van der Waals surface area contributed by atoms with Crippen LogP contribution in [0.2, 0.25) is 5.02 Å². The lowest BCUT2D eigenvalue weighted by Gasteiger charge is -2.25. The van der Waals surface area contributed by atoms with Crippen molar-refractivity contribution in [2.75, 3.05) is 41.3 Å². The Hall–Kier alpha value is -3.32. The monoisotopic (exact) mass is 476 g/mol. The summed E-state index contributed by atoms with van der Waals surface area (Å²) in [5.74, 6) is 2.69. The number of rotatable bonds is 9. The van der Waals surface area contributed by atoms with Crippen LogP contribution >= 0.6 is 11.6 Å². The van der Waals surface area contributed by atoms with Gasteiger partial charge in [0.15, 0.2) is 0 Å². The number of halogens is 1. The highest BCUT2D eigenvalue weighted by Gasteiger charge is 2.18. The Morgan fingerprint density at radius 3 is 2.82 bits per heavy atom. The van der Waals surface area contributed by atoms with Gasteiger partial charge in [-0.3, -0.25) is 4.98 Å². The van der Waals surface area contributed by atoms with Gasteiger partial charge in [0.05, 0.1) is 18.3 Å². The van der Waals surface area contributed by atoms with Crippen molar-refractivity contribution in [1.82, 2.24) is 15.0 Å². The van der Waals surface area contributed by atoms with Crippen LogP contribution in [0.15, 0.2) is 59.3 Å². The molecule has 176 valence electrons. The molecule has 1 aliphatic rings. The maximum Gasteiger partial charge on any atom is 0.227 e. The summed E-state index contributed by atoms with van der Waals surface area (Å²) >= 11 is 6.13. The highest BCUT2D eigenvalue weighted by atomic mass is 35.5. The van der Waals surface area contributed by atoms with Crippen LogP contribution in [0.1, 0.15) is 30.7 Å². The number of anilines is 3. The third-order valence-electron chi connectivity index (χ3n) is 6.09. The fourth-order valence-corrected chi connectivity index (χ4v) is 4.56. The first-order valence-electron chi connectivity index (χ1n) is 11.8. The van der Waals surface area contributed by atoms with Gasteiger partial charge in [0.1, 0.15) is 11.6 Å². The van der Waals surface area contributed by atoms with Gasteiger partial charge in [-0.2, -0.15) is 4.98 Å². The topological polar surface area (TPSA) is 70.3 Å². The molecule has 1 fully saturated rings. The molecule has 1 N–H and O–H groups in total. The fraction of sp³-hybridized carbons (Fsp3) is 0.346. The number of benzene rings is 1. The van der Waals surface area contributed by atoms with Gasteiger partial charge >= 0.3 is 0 Å². The van der Waals surface area contributed by atoms with Gasteiger partial charge in [-0.1, -0.05) is 11.6 Å². The SMILES string of the molecule is Cc1cc(N(CCCNc2ccnc3cc(Cl)ccc23)Cc2ccco2)nc(N2CCCC2)n1. The number of furan rings is 1. The molecule has 1 aromatic carbocycles. The molecule has 0 spiro atoms. The Bertz CT molecular complexity index is 1240. The minimum Gasteiger partial charge on any atom is -0.467 e. The van der Waals surface area contributed by atoms with Crippen molar-refractivity contribution in [3.63, 3.8) is 0 Å². The number of nitrogens with zero attached hydrogens (tertiary/aromatic N) is 5. The smallest absolute Gasteiger partial charge is 0.227 e. The summed E-state index contributed by atoms with van der Waals surface area (Å²) in [6.07, 6.45) is 6.86. The van der Waals surface area contributed by atoms with Crippen LogP contribution < -0.4 is 15.1 Å². The van der Waals surface area contributed by atoms with E-state index in [9.17, 15) is 0 Å². The minimum atomic E-state index is 0.666. The number of fused-ring (bicyclic) bond motifs is 1. The van der Waals surface area contributed by atoms with E-state index in [-0.39, 0.29) is 0 Å². The van der Waals surface area contributed by atoms with Gasteiger partial charge in [0, 0.05) is 60.2 Å². The summed E-state index contributed by atoms with van der Waals surface area (Å²) < 4.78 is 5.65. The molecule has 0 unspecified atom stereocenters. The Morgan fingerprint density at radius 2 is 2.00 bits per heavy atom. The first-order chi connectivity index (χ1) is 16.7. The highest BCUT2D eigenvalue weighted by molar-refractivity contribution is 6.31. The van der Waals surface area contributed by atoms with Crippen LogP contribution in [0.4, 0.5) is 17.5 Å². The van der Waals surface area contributed by atoms with E-state index >= 15 is 0 Å². The molecule has 3 aromatic heterocycles. The number of nitrogens with one attached hydrogen (secondary N) is 1. The molecule has 34 heavy (non-hydrogen) atoms. The quantitative estimate of drug-likeness (QED) is 0.311. The molecule has 0 bridgehead atoms. The van der Waals surface area contributed by atoms with E-state index in [0.717, 1.165) is 72.4 Å². The van der Waals surface area contributed by atoms with E-state index in [1.807, 2.05) is 49.5 Å². The number of aryl methyl sites for hydroxylation is 1. The molecule has 8 heteroatoms. The van der Waals surface area contributed by atoms with Crippen molar-refractivity contribution < 1.29 is 4.42 Å². The van der Waals surface area contributed by atoms with E-state index in [0.29, 0.717) is 11.6 Å². The first kappa shape index (κ1) is 22.5. The predicted octanol–water partition coefficient (Wildman–Crippen LogP) is 5.69. The van der Waals surface area contributed by atoms with Crippen LogP contribution in [0.3, 0.4) is 0 Å². The molecule has 1 saturated heterocycles. The third kappa shape index (κ3) is 5.25. The second-order valence-electron chi connectivity index (χ2n) is 8.66. The van der Waals surface area contributed by atoms with E-state index in [4.69, 9.17) is 26.0 Å². The normalized spacial score (nSPS) is 13.5. The summed E-state index contributed by atoms with van der Waals surface area (Å²) in [4.78, 5) is 18.6. The van der Waals surface area contributed by atoms with Crippen molar-refractivity contribution in [3.05, 3.63) is 71.4 Å². The summed E-state index contributed by atoms with van der Waals surface area (Å²) in [7, 11) is 0. The lowest BCUT2D eigenvalue weighted by atomic mass is 10.2. The van der Waals surface area contributed by atoms with Crippen molar-refractivity contribution in [2.24, 2.45) is 0 Å². The Balaban J connectivity index is 1.30. The highest BCUT2D eigenvalue weighted by Crippen LogP contribution is 2.25. The molecule has 0 aliphatic carbocycles. The van der Waals surface area contributed by atoms with E-state index < -0.39 is 0 Å². The zero-order chi connectivity index (χ0) is 23.3. The zero-order valence-electron chi connectivity index (χ0n) is 19.4. The maximum absolute atomic E-state index is 6.13. The molecular formula is C26H29ClN6O. The summed E-state index contributed by atoms with van der Waals surface area (Å²) in [5.41, 5.74) is 2.94. The molecule has 5 rings (SSSR count). The predicted molar refractivity (Wildman–Crippen MR) is 138 cm³/mol. The second kappa shape index (κ2) is 10.3. The number of pyridine rings is 1. The molecule has 4 aromatic rings. The minimum absolute atomic E-state index is 0.666. The average molecular weight is 477 g/mol. The Morgan fingerprint density at radius 1 is 1.12 bits per heavy atom. The fourth-order valence-electron chi connectivity index (χ4n) is 4.39. The summed E-state index contributed by atoms with van der Waals surface area (Å²) in [6, 6.07) is 13.8. The number of aromatic nitrogens is 3. The van der Waals surface area contributed by atoms with Crippen molar-refractivity contribution in [2.45, 2.75) is 32.7 Å². The molecule has 7 nitrogen and oxygen atoms in total. The number of hydrogen-bond acceptors (Lipinski definition) is 7. The van der Waals surface area contributed by atoms with Crippen LogP contribution in [0.5, 0.6) is 0 Å². The second-order valence-corrected chi connectivity index (χ2v) is 9.10. The standard InChI is InChI=1S/C26H29ClN6O/c1-19-16-25(31-26(30-19)32-12-2-3-13-32)33(18-21-6-4-15-34-21)14-5-10-28-23-9-11-29-24-17-20(27)7-8-22(23)24/h4,6-9,11,15-17H,2-3,5,10,12-14,18H2,1H3,(H,28,29). The first-order valence-corrected chi connectivity index (χ1v) is 12.2. The Kier molecular flexibility index (Phi) is 6.81. The molecule has 0 radical (unpaired) electrons. The molecular weight excluding hydrogens is 448 g/mol. The lowest BCUT2D eigenvalue weighted by molar-refractivity contribution is 0.500. The Labute approximate surface area is 204 Å². The van der Waals surface area contributed by atoms with E-state index in [1.165, 1.54) is 12.8 Å². The lowest BCUT2D eigenvalue weighted by Crippen LogP contribution is -2.28. The van der Waals surface area contributed by atoms with Crippen molar-refractivity contribution >= 4 is 40.0 Å². The third-order valence-corrected chi connectivity index (χ3v) is 6.33. The molecule has 0 amide bonds. The van der Waals surface area contributed by atoms with Crippen molar-refractivity contribution in [1.29, 1.82) is 0 Å². The van der Waals surface area contributed by atoms with Gasteiger partial charge in [-0.15, -0.1) is 0 Å². The molecule has 0 saturated carbocycles. The summed E-state index contributed by atoms with van der Waals surface area (Å²) in [6.45, 7) is 6.40. The molecule has 4 heterocycles. The molecule has 0 atom stereocenters. The van der Waals surface area contributed by atoms with Gasteiger partial charge in [-0.05, 0) is 62.6 Å². The van der Waals surface area contributed by atoms with Gasteiger partial charge in [-0.25, -0.2) is 4.98 Å². The van der Waals surface area contributed by atoms with Gasteiger partial charge in [0.25, 0.3) is 0 Å². The number of hydrogen-bond donors (Lipinski definition) is 1. The summed E-state index contributed by atoms with van der Waals surface area (Å²) in [5, 5.41) is 5.33. The van der Waals surface area contributed by atoms with Gasteiger partial charge < -0.3 is 19.5 Å². The van der Waals surface area contributed by atoms with E-state index in [2.05, 4.69) is 26.2 Å². The van der Waals surface area contributed by atoms with Crippen LogP contribution in [0, 0.1) is 6.92 Å². The zero-order valence-corrected chi connectivity index (χ0v) is 20.1. The van der Waals surface area contributed by atoms with E-state index in [1.54, 1.807) is 6.26 Å². The van der Waals surface area contributed by atoms with Crippen molar-refractivity contribution in [3.8, 4) is 0 Å².